The minimum atomic E-state index is -0.489. The molecule has 3 N–H and O–H groups in total. The van der Waals surface area contributed by atoms with Gasteiger partial charge in [0.05, 0.1) is 12.6 Å². The third kappa shape index (κ3) is 5.47. The van der Waals surface area contributed by atoms with Gasteiger partial charge in [-0.2, -0.15) is 0 Å². The monoisotopic (exact) mass is 535 g/mol. The number of carbonyl (C=O) groups excluding carboxylic acids is 1. The van der Waals surface area contributed by atoms with Crippen LogP contribution in [-0.4, -0.2) is 27.6 Å². The third-order valence-electron chi connectivity index (χ3n) is 7.64. The molecule has 0 aliphatic heterocycles. The number of nitrogen functional groups attached to an aromatic ring is 1. The lowest BCUT2D eigenvalue weighted by Crippen LogP contribution is -2.19. The highest BCUT2D eigenvalue weighted by atomic mass is 16.5. The van der Waals surface area contributed by atoms with Crippen LogP contribution < -0.4 is 21.3 Å². The number of carbonyl (C=O) groups is 1. The number of esters is 1. The van der Waals surface area contributed by atoms with Crippen molar-refractivity contribution in [2.45, 2.75) is 26.3 Å². The molecule has 2 aliphatic carbocycles. The standard InChI is InChI=1S/C31H29N5O4/c1-18-11-22(35-31-26-14-21(32)4-6-27(26)33-17-34-31)5-7-28(18)40-23-9-10-36(29(37)15-23)16-20-13-25(20)24-12-19(24)3-8-30(38)39-2/h4-7,9-11,14-15,17,19-20,24-25H,12-13,16,32H2,1-2H3,(H,33,34,35). The largest absolute Gasteiger partial charge is 0.459 e. The van der Waals surface area contributed by atoms with Gasteiger partial charge in [-0.05, 0) is 85.5 Å². The van der Waals surface area contributed by atoms with Crippen LogP contribution in [0.4, 0.5) is 17.2 Å². The Morgan fingerprint density at radius 2 is 2.00 bits per heavy atom. The number of aryl methyl sites for hydroxylation is 1. The van der Waals surface area contributed by atoms with Gasteiger partial charge in [-0.3, -0.25) is 4.79 Å². The third-order valence-corrected chi connectivity index (χ3v) is 7.64. The Bertz CT molecular complexity index is 1740. The van der Waals surface area contributed by atoms with E-state index in [2.05, 4.69) is 31.9 Å². The van der Waals surface area contributed by atoms with Crippen molar-refractivity contribution in [2.24, 2.45) is 23.7 Å². The molecule has 2 fully saturated rings. The summed E-state index contributed by atoms with van der Waals surface area (Å²) in [6.07, 6.45) is 5.42. The number of nitrogens with one attached hydrogen (secondary N) is 1. The van der Waals surface area contributed by atoms with Crippen LogP contribution in [0, 0.1) is 42.4 Å². The van der Waals surface area contributed by atoms with Gasteiger partial charge >= 0.3 is 5.97 Å². The smallest absolute Gasteiger partial charge is 0.384 e. The molecule has 4 aromatic rings. The van der Waals surface area contributed by atoms with Crippen LogP contribution >= 0.6 is 0 Å². The number of methoxy groups -OCH3 is 1. The molecule has 0 radical (unpaired) electrons. The lowest BCUT2D eigenvalue weighted by Gasteiger charge is -2.13. The van der Waals surface area contributed by atoms with Crippen LogP contribution in [0.3, 0.4) is 0 Å². The summed E-state index contributed by atoms with van der Waals surface area (Å²) in [6, 6.07) is 14.6. The van der Waals surface area contributed by atoms with Crippen LogP contribution in [-0.2, 0) is 16.1 Å². The number of benzene rings is 2. The quantitative estimate of drug-likeness (QED) is 0.152. The maximum atomic E-state index is 12.8. The Balaban J connectivity index is 1.07. The summed E-state index contributed by atoms with van der Waals surface area (Å²) in [7, 11) is 1.34. The molecule has 2 aromatic heterocycles. The normalized spacial score (nSPS) is 20.8. The Labute approximate surface area is 231 Å². The second kappa shape index (κ2) is 10.4. The molecule has 40 heavy (non-hydrogen) atoms. The van der Waals surface area contributed by atoms with Crippen molar-refractivity contribution in [1.29, 1.82) is 0 Å². The molecule has 2 heterocycles. The number of ether oxygens (including phenoxy) is 2. The van der Waals surface area contributed by atoms with Gasteiger partial charge in [0.25, 0.3) is 5.56 Å². The molecular formula is C31H29N5O4. The Morgan fingerprint density at radius 3 is 2.80 bits per heavy atom. The fourth-order valence-corrected chi connectivity index (χ4v) is 5.30. The molecule has 2 aromatic carbocycles. The summed E-state index contributed by atoms with van der Waals surface area (Å²) in [6.45, 7) is 2.63. The molecule has 0 amide bonds. The van der Waals surface area contributed by atoms with E-state index < -0.39 is 5.97 Å². The van der Waals surface area contributed by atoms with Crippen molar-refractivity contribution in [2.75, 3.05) is 18.2 Å². The van der Waals surface area contributed by atoms with E-state index in [0.29, 0.717) is 47.3 Å². The number of hydrogen-bond donors (Lipinski definition) is 2. The van der Waals surface area contributed by atoms with Crippen LogP contribution in [0.1, 0.15) is 18.4 Å². The molecule has 4 atom stereocenters. The van der Waals surface area contributed by atoms with E-state index in [9.17, 15) is 9.59 Å². The summed E-state index contributed by atoms with van der Waals surface area (Å²) < 4.78 is 12.4. The van der Waals surface area contributed by atoms with Gasteiger partial charge in [0, 0.05) is 47.4 Å². The Morgan fingerprint density at radius 1 is 1.12 bits per heavy atom. The predicted molar refractivity (Wildman–Crippen MR) is 152 cm³/mol. The van der Waals surface area contributed by atoms with Gasteiger partial charge in [0.1, 0.15) is 23.6 Å². The molecule has 202 valence electrons. The van der Waals surface area contributed by atoms with E-state index in [1.54, 1.807) is 10.8 Å². The first-order chi connectivity index (χ1) is 19.4. The molecule has 0 saturated heterocycles. The SMILES string of the molecule is COC(=O)C#CC1CC1C1CC1Cn1ccc(Oc2ccc(Nc3ncnc4ccc(N)cc34)cc2C)cc1=O. The minimum Gasteiger partial charge on any atom is -0.459 e. The highest BCUT2D eigenvalue weighted by molar-refractivity contribution is 5.92. The van der Waals surface area contributed by atoms with Gasteiger partial charge in [-0.15, -0.1) is 0 Å². The molecule has 0 bridgehead atoms. The number of nitrogens with zero attached hydrogens (tertiary/aromatic N) is 3. The maximum Gasteiger partial charge on any atom is 0.384 e. The number of rotatable bonds is 7. The first kappa shape index (κ1) is 25.4. The van der Waals surface area contributed by atoms with Crippen LogP contribution in [0.15, 0.2) is 65.8 Å². The molecule has 6 rings (SSSR count). The van der Waals surface area contributed by atoms with Crippen LogP contribution in [0.2, 0.25) is 0 Å². The van der Waals surface area contributed by atoms with Crippen molar-refractivity contribution in [3.05, 3.63) is 77.0 Å². The number of pyridine rings is 1. The molecule has 9 nitrogen and oxygen atoms in total. The lowest BCUT2D eigenvalue weighted by atomic mass is 10.1. The topological polar surface area (TPSA) is 121 Å². The van der Waals surface area contributed by atoms with Crippen molar-refractivity contribution in [3.8, 4) is 23.3 Å². The first-order valence-corrected chi connectivity index (χ1v) is 13.2. The summed E-state index contributed by atoms with van der Waals surface area (Å²) in [5.41, 5.74) is 9.06. The van der Waals surface area contributed by atoms with E-state index in [-0.39, 0.29) is 11.5 Å². The average molecular weight is 536 g/mol. The summed E-state index contributed by atoms with van der Waals surface area (Å²) in [5, 5.41) is 4.17. The summed E-state index contributed by atoms with van der Waals surface area (Å²) in [5.74, 6) is 8.70. The summed E-state index contributed by atoms with van der Waals surface area (Å²) in [4.78, 5) is 32.7. The van der Waals surface area contributed by atoms with Crippen molar-refractivity contribution in [3.63, 3.8) is 0 Å². The first-order valence-electron chi connectivity index (χ1n) is 13.2. The van der Waals surface area contributed by atoms with E-state index in [1.807, 2.05) is 49.4 Å². The van der Waals surface area contributed by atoms with Gasteiger partial charge in [-0.25, -0.2) is 14.8 Å². The summed E-state index contributed by atoms with van der Waals surface area (Å²) >= 11 is 0. The van der Waals surface area contributed by atoms with Gasteiger partial charge in [0.15, 0.2) is 0 Å². The van der Waals surface area contributed by atoms with Crippen molar-refractivity contribution in [1.82, 2.24) is 14.5 Å². The van der Waals surface area contributed by atoms with Crippen molar-refractivity contribution < 1.29 is 14.3 Å². The maximum absolute atomic E-state index is 12.8. The van der Waals surface area contributed by atoms with Gasteiger partial charge in [0.2, 0.25) is 0 Å². The molecule has 2 aliphatic rings. The number of anilines is 3. The highest BCUT2D eigenvalue weighted by Gasteiger charge is 2.53. The van der Waals surface area contributed by atoms with E-state index in [4.69, 9.17) is 10.5 Å². The molecule has 2 saturated carbocycles. The Hall–Kier alpha value is -4.84. The number of hydrogen-bond acceptors (Lipinski definition) is 8. The zero-order valence-electron chi connectivity index (χ0n) is 22.3. The lowest BCUT2D eigenvalue weighted by molar-refractivity contribution is -0.133. The zero-order chi connectivity index (χ0) is 27.8. The minimum absolute atomic E-state index is 0.0909. The number of nitrogens with two attached hydrogens (primary N) is 1. The van der Waals surface area contributed by atoms with Crippen LogP contribution in [0.5, 0.6) is 11.5 Å². The van der Waals surface area contributed by atoms with E-state index in [1.165, 1.54) is 19.5 Å². The van der Waals surface area contributed by atoms with E-state index in [0.717, 1.165) is 35.0 Å². The fourth-order valence-electron chi connectivity index (χ4n) is 5.30. The molecule has 0 spiro atoms. The molecule has 4 unspecified atom stereocenters. The fraction of sp³-hybridized carbons (Fsp3) is 0.290. The highest BCUT2D eigenvalue weighted by Crippen LogP contribution is 2.58. The average Bonchev–Trinajstić information content (AvgIpc) is 3.86. The second-order valence-electron chi connectivity index (χ2n) is 10.5. The van der Waals surface area contributed by atoms with Crippen molar-refractivity contribution >= 4 is 34.1 Å². The molecule has 9 heteroatoms. The zero-order valence-corrected chi connectivity index (χ0v) is 22.3. The second-order valence-corrected chi connectivity index (χ2v) is 10.5. The van der Waals surface area contributed by atoms with Gasteiger partial charge < -0.3 is 25.1 Å². The Kier molecular flexibility index (Phi) is 6.60. The number of aromatic nitrogens is 3. The van der Waals surface area contributed by atoms with E-state index >= 15 is 0 Å². The predicted octanol–water partition coefficient (Wildman–Crippen LogP) is 4.67. The number of fused-ring (bicyclic) bond motifs is 1. The molecular weight excluding hydrogens is 506 g/mol. The van der Waals surface area contributed by atoms with Crippen LogP contribution in [0.25, 0.3) is 10.9 Å². The van der Waals surface area contributed by atoms with Gasteiger partial charge in [-0.1, -0.05) is 5.92 Å².